The maximum Gasteiger partial charge on any atom is 0.328 e. The van der Waals surface area contributed by atoms with Gasteiger partial charge in [-0.2, -0.15) is 0 Å². The van der Waals surface area contributed by atoms with Gasteiger partial charge in [-0.3, -0.25) is 18.7 Å². The Morgan fingerprint density at radius 3 is 2.27 bits per heavy atom. The molecule has 0 saturated heterocycles. The van der Waals surface area contributed by atoms with Gasteiger partial charge in [-0.1, -0.05) is 24.0 Å². The lowest BCUT2D eigenvalue weighted by Crippen LogP contribution is -2.41. The topological polar surface area (TPSA) is 84.5 Å². The van der Waals surface area contributed by atoms with E-state index in [1.807, 2.05) is 19.1 Å². The van der Waals surface area contributed by atoms with Gasteiger partial charge in [0.25, 0.3) is 11.8 Å². The lowest BCUT2D eigenvalue weighted by atomic mass is 9.91. The number of aromatic nitrogens is 2. The highest BCUT2D eigenvalue weighted by Gasteiger charge is 2.35. The van der Waals surface area contributed by atoms with Crippen LogP contribution in [0.2, 0.25) is 0 Å². The van der Waals surface area contributed by atoms with Gasteiger partial charge in [-0.05, 0) is 48.2 Å². The van der Waals surface area contributed by atoms with Crippen LogP contribution >= 0.6 is 0 Å². The molecule has 0 aliphatic carbocycles. The van der Waals surface area contributed by atoms with E-state index in [1.165, 1.54) is 9.47 Å². The first-order valence-corrected chi connectivity index (χ1v) is 10.6. The average molecular weight is 439 g/mol. The van der Waals surface area contributed by atoms with E-state index in [4.69, 9.17) is 5.11 Å². The maximum atomic E-state index is 13.6. The highest BCUT2D eigenvalue weighted by atomic mass is 16.3. The Hall–Kier alpha value is -4.15. The second-order valence-corrected chi connectivity index (χ2v) is 8.14. The Morgan fingerprint density at radius 1 is 0.909 bits per heavy atom. The predicted octanol–water partition coefficient (Wildman–Crippen LogP) is 2.87. The fourth-order valence-electron chi connectivity index (χ4n) is 4.52. The number of amides is 2. The summed E-state index contributed by atoms with van der Waals surface area (Å²) < 4.78 is 3.05. The van der Waals surface area contributed by atoms with Gasteiger partial charge in [0.1, 0.15) is 0 Å². The highest BCUT2D eigenvalue weighted by Crippen LogP contribution is 2.36. The summed E-state index contributed by atoms with van der Waals surface area (Å²) in [5.74, 6) is 5.10. The number of benzene rings is 3. The molecule has 2 amide bonds. The summed E-state index contributed by atoms with van der Waals surface area (Å²) in [6.45, 7) is 1.79. The van der Waals surface area contributed by atoms with Crippen molar-refractivity contribution in [2.45, 2.75) is 13.3 Å². The van der Waals surface area contributed by atoms with Gasteiger partial charge in [-0.15, -0.1) is 0 Å². The molecule has 33 heavy (non-hydrogen) atoms. The molecule has 2 heterocycles. The number of nitrogens with zero attached hydrogens (tertiary/aromatic N) is 3. The second-order valence-electron chi connectivity index (χ2n) is 8.14. The van der Waals surface area contributed by atoms with Crippen LogP contribution in [-0.4, -0.2) is 32.7 Å². The van der Waals surface area contributed by atoms with E-state index in [-0.39, 0.29) is 12.3 Å². The van der Waals surface area contributed by atoms with Gasteiger partial charge in [0.15, 0.2) is 0 Å². The van der Waals surface area contributed by atoms with E-state index in [1.54, 1.807) is 49.0 Å². The van der Waals surface area contributed by atoms with Crippen molar-refractivity contribution in [1.29, 1.82) is 0 Å². The fraction of sp³-hybridized carbons (Fsp3) is 0.192. The molecular weight excluding hydrogens is 418 g/mol. The Bertz CT molecular complexity index is 1610. The summed E-state index contributed by atoms with van der Waals surface area (Å²) in [6.07, 6.45) is 0.346. The molecule has 1 N–H and O–H groups in total. The van der Waals surface area contributed by atoms with Gasteiger partial charge in [0.05, 0.1) is 23.3 Å². The van der Waals surface area contributed by atoms with E-state index in [0.29, 0.717) is 45.3 Å². The number of aryl methyl sites for hydroxylation is 3. The quantitative estimate of drug-likeness (QED) is 0.385. The fourth-order valence-corrected chi connectivity index (χ4v) is 4.52. The first kappa shape index (κ1) is 20.7. The van der Waals surface area contributed by atoms with Crippen LogP contribution in [0, 0.1) is 18.8 Å². The van der Waals surface area contributed by atoms with Crippen molar-refractivity contribution in [2.24, 2.45) is 14.1 Å². The number of hydrogen-bond acceptors (Lipinski definition) is 4. The first-order chi connectivity index (χ1) is 15.8. The largest absolute Gasteiger partial charge is 0.395 e. The minimum Gasteiger partial charge on any atom is -0.395 e. The molecule has 7 nitrogen and oxygen atoms in total. The Kier molecular flexibility index (Phi) is 4.69. The maximum absolute atomic E-state index is 13.6. The lowest BCUT2D eigenvalue weighted by molar-refractivity contribution is 0.0893. The Balaban J connectivity index is 1.72. The number of rotatable bonds is 2. The van der Waals surface area contributed by atoms with Gasteiger partial charge in [-0.25, -0.2) is 9.69 Å². The molecule has 0 spiro atoms. The number of aliphatic hydroxyl groups is 1. The van der Waals surface area contributed by atoms with E-state index in [9.17, 15) is 14.4 Å². The number of fused-ring (bicyclic) bond motifs is 1. The molecule has 0 atom stereocenters. The SMILES string of the molecule is Cc1cc2c(cc1N1C(=O)c3cccc4c(C#CCCO)ccc(c34)C1=O)n(C)c(=O)n2C. The summed E-state index contributed by atoms with van der Waals surface area (Å²) in [7, 11) is 3.36. The van der Waals surface area contributed by atoms with Crippen molar-refractivity contribution in [2.75, 3.05) is 11.5 Å². The molecule has 1 aromatic heterocycles. The van der Waals surface area contributed by atoms with Gasteiger partial charge in [0, 0.05) is 42.6 Å². The lowest BCUT2D eigenvalue weighted by Gasteiger charge is -2.28. The van der Waals surface area contributed by atoms with Gasteiger partial charge >= 0.3 is 5.69 Å². The van der Waals surface area contributed by atoms with Crippen LogP contribution in [0.1, 0.15) is 38.3 Å². The zero-order valence-electron chi connectivity index (χ0n) is 18.5. The first-order valence-electron chi connectivity index (χ1n) is 10.6. The second kappa shape index (κ2) is 7.47. The molecule has 1 aliphatic heterocycles. The number of carbonyl (C=O) groups is 2. The van der Waals surface area contributed by atoms with E-state index >= 15 is 0 Å². The number of aliphatic hydroxyl groups excluding tert-OH is 1. The number of imide groups is 1. The standard InChI is InChI=1S/C26H21N3O4/c1-15-13-21-22(28(3)26(33)27(21)2)14-20(15)29-24(31)18-9-6-8-17-16(7-4-5-12-30)10-11-19(23(17)18)25(29)32/h6,8-11,13-14,30H,5,12H2,1-3H3. The predicted molar refractivity (Wildman–Crippen MR) is 127 cm³/mol. The number of carbonyl (C=O) groups excluding carboxylic acids is 2. The molecule has 1 aliphatic rings. The summed E-state index contributed by atoms with van der Waals surface area (Å²) in [5, 5.41) is 10.3. The van der Waals surface area contributed by atoms with Crippen LogP contribution in [0.15, 0.2) is 47.3 Å². The smallest absolute Gasteiger partial charge is 0.328 e. The van der Waals surface area contributed by atoms with Crippen molar-refractivity contribution in [3.63, 3.8) is 0 Å². The molecule has 0 bridgehead atoms. The van der Waals surface area contributed by atoms with Crippen molar-refractivity contribution < 1.29 is 14.7 Å². The number of hydrogen-bond donors (Lipinski definition) is 1. The van der Waals surface area contributed by atoms with Gasteiger partial charge in [0.2, 0.25) is 0 Å². The van der Waals surface area contributed by atoms with Crippen LogP contribution in [0.4, 0.5) is 5.69 Å². The molecule has 0 unspecified atom stereocenters. The Labute approximate surface area is 189 Å². The summed E-state index contributed by atoms with van der Waals surface area (Å²) in [6, 6.07) is 12.4. The van der Waals surface area contributed by atoms with Crippen LogP contribution in [0.3, 0.4) is 0 Å². The van der Waals surface area contributed by atoms with Crippen LogP contribution in [0.25, 0.3) is 21.8 Å². The minimum atomic E-state index is -0.415. The van der Waals surface area contributed by atoms with Crippen LogP contribution in [-0.2, 0) is 14.1 Å². The number of imidazole rings is 1. The van der Waals surface area contributed by atoms with Crippen molar-refractivity contribution in [3.8, 4) is 11.8 Å². The summed E-state index contributed by atoms with van der Waals surface area (Å²) in [4.78, 5) is 40.8. The van der Waals surface area contributed by atoms with Gasteiger partial charge < -0.3 is 5.11 Å². The molecule has 0 saturated carbocycles. The third-order valence-corrected chi connectivity index (χ3v) is 6.20. The normalized spacial score (nSPS) is 13.0. The number of anilines is 1. The third-order valence-electron chi connectivity index (χ3n) is 6.20. The summed E-state index contributed by atoms with van der Waals surface area (Å²) >= 11 is 0. The van der Waals surface area contributed by atoms with Crippen molar-refractivity contribution in [1.82, 2.24) is 9.13 Å². The van der Waals surface area contributed by atoms with Crippen molar-refractivity contribution in [3.05, 3.63) is 75.2 Å². The molecule has 0 radical (unpaired) electrons. The van der Waals surface area contributed by atoms with E-state index in [0.717, 1.165) is 10.9 Å². The molecule has 3 aromatic carbocycles. The Morgan fingerprint density at radius 2 is 1.58 bits per heavy atom. The molecule has 164 valence electrons. The molecule has 5 rings (SSSR count). The van der Waals surface area contributed by atoms with Crippen molar-refractivity contribution >= 4 is 39.3 Å². The molecule has 0 fully saturated rings. The van der Waals surface area contributed by atoms with Crippen LogP contribution in [0.5, 0.6) is 0 Å². The molecule has 7 heteroatoms. The monoisotopic (exact) mass is 439 g/mol. The third kappa shape index (κ3) is 2.92. The zero-order valence-corrected chi connectivity index (χ0v) is 18.5. The minimum absolute atomic E-state index is 0.0308. The summed E-state index contributed by atoms with van der Waals surface area (Å²) in [5.41, 5.74) is 3.92. The van der Waals surface area contributed by atoms with Crippen LogP contribution < -0.4 is 10.6 Å². The van der Waals surface area contributed by atoms with E-state index < -0.39 is 11.8 Å². The molecule has 4 aromatic rings. The average Bonchev–Trinajstić information content (AvgIpc) is 3.01. The highest BCUT2D eigenvalue weighted by molar-refractivity contribution is 6.36. The molecular formula is C26H21N3O4. The zero-order chi connectivity index (χ0) is 23.4. The van der Waals surface area contributed by atoms with E-state index in [2.05, 4.69) is 11.8 Å².